The van der Waals surface area contributed by atoms with Crippen LogP contribution in [0.2, 0.25) is 0 Å². The van der Waals surface area contributed by atoms with Crippen molar-refractivity contribution in [1.29, 1.82) is 0 Å². The number of thioether (sulfide) groups is 1. The van der Waals surface area contributed by atoms with E-state index in [-0.39, 0.29) is 52.6 Å². The van der Waals surface area contributed by atoms with Crippen LogP contribution in [0.15, 0.2) is 0 Å². The first-order valence-electron chi connectivity index (χ1n) is 13.6. The number of alkyl halides is 1. The molecule has 2 aliphatic carbocycles. The van der Waals surface area contributed by atoms with Crippen LogP contribution in [-0.2, 0) is 14.3 Å². The van der Waals surface area contributed by atoms with Crippen molar-refractivity contribution in [3.8, 4) is 0 Å². The summed E-state index contributed by atoms with van der Waals surface area (Å²) in [6.07, 6.45) is 8.10. The minimum Gasteiger partial charge on any atom is -0.380 e. The summed E-state index contributed by atoms with van der Waals surface area (Å²) in [6, 6.07) is 1.13. The fourth-order valence-electron chi connectivity index (χ4n) is 6.77. The minimum atomic E-state index is -0.109. The molecular weight excluding hydrogens is 486 g/mol. The summed E-state index contributed by atoms with van der Waals surface area (Å²) in [7, 11) is 1.76. The van der Waals surface area contributed by atoms with E-state index in [4.69, 9.17) is 16.3 Å². The quantitative estimate of drug-likeness (QED) is 0.265. The van der Waals surface area contributed by atoms with Crippen LogP contribution in [0, 0.1) is 23.7 Å². The van der Waals surface area contributed by atoms with E-state index in [9.17, 15) is 9.59 Å². The molecule has 10 heteroatoms. The lowest BCUT2D eigenvalue weighted by Gasteiger charge is -2.45. The molecule has 5 rings (SSSR count). The summed E-state index contributed by atoms with van der Waals surface area (Å²) in [6.45, 7) is 3.60. The molecule has 198 valence electrons. The van der Waals surface area contributed by atoms with E-state index in [1.807, 2.05) is 0 Å². The van der Waals surface area contributed by atoms with Gasteiger partial charge in [0.15, 0.2) is 0 Å². The number of carbonyl (C=O) groups excluding carboxylic acids is 2. The predicted octanol–water partition coefficient (Wildman–Crippen LogP) is 1.73. The second-order valence-electron chi connectivity index (χ2n) is 11.3. The molecule has 0 aromatic carbocycles. The zero-order chi connectivity index (χ0) is 24.5. The number of hydrogen-bond acceptors (Lipinski definition) is 7. The number of ether oxygens (including phenoxy) is 1. The van der Waals surface area contributed by atoms with Crippen molar-refractivity contribution >= 4 is 35.2 Å². The van der Waals surface area contributed by atoms with E-state index >= 15 is 0 Å². The largest absolute Gasteiger partial charge is 0.380 e. The van der Waals surface area contributed by atoms with Gasteiger partial charge in [-0.15, -0.1) is 23.4 Å². The van der Waals surface area contributed by atoms with E-state index in [0.29, 0.717) is 29.9 Å². The van der Waals surface area contributed by atoms with Crippen molar-refractivity contribution in [2.75, 3.05) is 20.2 Å². The zero-order valence-electron chi connectivity index (χ0n) is 20.9. The van der Waals surface area contributed by atoms with Gasteiger partial charge in [0.25, 0.3) is 0 Å². The Labute approximate surface area is 218 Å². The van der Waals surface area contributed by atoms with Gasteiger partial charge in [-0.1, -0.05) is 0 Å². The highest BCUT2D eigenvalue weighted by atomic mass is 35.5. The maximum atomic E-state index is 13.6. The molecular formula is C25H42ClN5O3S. The third-order valence-corrected chi connectivity index (χ3v) is 10.8. The van der Waals surface area contributed by atoms with Crippen molar-refractivity contribution in [2.45, 2.75) is 98.8 Å². The maximum absolute atomic E-state index is 13.6. The maximum Gasteiger partial charge on any atom is 0.226 e. The average Bonchev–Trinajstić information content (AvgIpc) is 3.22. The van der Waals surface area contributed by atoms with Crippen LogP contribution >= 0.6 is 23.4 Å². The topological polar surface area (TPSA) is 104 Å². The third-order valence-electron chi connectivity index (χ3n) is 9.08. The predicted molar refractivity (Wildman–Crippen MR) is 139 cm³/mol. The van der Waals surface area contributed by atoms with Crippen LogP contribution < -0.4 is 26.6 Å². The van der Waals surface area contributed by atoms with Crippen molar-refractivity contribution in [1.82, 2.24) is 26.6 Å². The average molecular weight is 528 g/mol. The van der Waals surface area contributed by atoms with Crippen molar-refractivity contribution in [3.63, 3.8) is 0 Å². The van der Waals surface area contributed by atoms with Crippen molar-refractivity contribution in [3.05, 3.63) is 0 Å². The molecule has 2 saturated carbocycles. The third kappa shape index (κ3) is 5.96. The molecule has 3 aliphatic heterocycles. The Kier molecular flexibility index (Phi) is 8.51. The number of amides is 2. The molecule has 0 aromatic rings. The van der Waals surface area contributed by atoms with Crippen LogP contribution in [0.4, 0.5) is 0 Å². The van der Waals surface area contributed by atoms with Gasteiger partial charge >= 0.3 is 0 Å². The number of nitrogens with one attached hydrogen (secondary N) is 5. The SMILES string of the molecule is COC1CNC(Cl)CC1C1CC(C)NCC1C(=O)NC1NC2CC[C@@H](C(=O)NC3CCC3)CC2S1. The molecule has 5 fully saturated rings. The molecule has 35 heavy (non-hydrogen) atoms. The molecule has 3 heterocycles. The zero-order valence-corrected chi connectivity index (χ0v) is 22.5. The summed E-state index contributed by atoms with van der Waals surface area (Å²) >= 11 is 8.26. The van der Waals surface area contributed by atoms with E-state index in [0.717, 1.165) is 51.5 Å². The van der Waals surface area contributed by atoms with Crippen LogP contribution in [0.3, 0.4) is 0 Å². The molecule has 5 aliphatic rings. The smallest absolute Gasteiger partial charge is 0.226 e. The van der Waals surface area contributed by atoms with Crippen LogP contribution in [-0.4, -0.2) is 72.5 Å². The number of halogens is 1. The Morgan fingerprint density at radius 1 is 0.971 bits per heavy atom. The molecule has 0 aromatic heterocycles. The fourth-order valence-corrected chi connectivity index (χ4v) is 8.60. The van der Waals surface area contributed by atoms with Gasteiger partial charge in [0, 0.05) is 49.5 Å². The number of piperidine rings is 2. The summed E-state index contributed by atoms with van der Waals surface area (Å²) in [5.41, 5.74) is -0.178. The van der Waals surface area contributed by atoms with Gasteiger partial charge in [-0.3, -0.25) is 20.2 Å². The van der Waals surface area contributed by atoms with Gasteiger partial charge in [0.1, 0.15) is 5.50 Å². The highest BCUT2D eigenvalue weighted by molar-refractivity contribution is 8.00. The molecule has 0 bridgehead atoms. The summed E-state index contributed by atoms with van der Waals surface area (Å²) < 4.78 is 5.81. The number of fused-ring (bicyclic) bond motifs is 1. The van der Waals surface area contributed by atoms with E-state index in [1.54, 1.807) is 18.9 Å². The first-order chi connectivity index (χ1) is 16.9. The van der Waals surface area contributed by atoms with Gasteiger partial charge < -0.3 is 20.7 Å². The van der Waals surface area contributed by atoms with E-state index < -0.39 is 0 Å². The Balaban J connectivity index is 1.17. The second-order valence-corrected chi connectivity index (χ2v) is 13.2. The monoisotopic (exact) mass is 527 g/mol. The Bertz CT molecular complexity index is 773. The number of hydrogen-bond donors (Lipinski definition) is 5. The van der Waals surface area contributed by atoms with Crippen molar-refractivity contribution in [2.24, 2.45) is 23.7 Å². The van der Waals surface area contributed by atoms with Gasteiger partial charge in [-0.2, -0.15) is 0 Å². The van der Waals surface area contributed by atoms with E-state index in [1.165, 1.54) is 6.42 Å². The number of carbonyl (C=O) groups is 2. The number of rotatable bonds is 6. The van der Waals surface area contributed by atoms with Gasteiger partial charge in [-0.05, 0) is 70.1 Å². The second kappa shape index (κ2) is 11.4. The molecule has 3 saturated heterocycles. The van der Waals surface area contributed by atoms with Gasteiger partial charge in [-0.25, -0.2) is 0 Å². The molecule has 0 spiro atoms. The molecule has 0 radical (unpaired) electrons. The Morgan fingerprint density at radius 3 is 2.54 bits per heavy atom. The fraction of sp³-hybridized carbons (Fsp3) is 0.920. The summed E-state index contributed by atoms with van der Waals surface area (Å²) in [5, 5.41) is 17.4. The minimum absolute atomic E-state index is 0.0699. The summed E-state index contributed by atoms with van der Waals surface area (Å²) in [5.74, 6) is 0.819. The lowest BCUT2D eigenvalue weighted by Crippen LogP contribution is -2.57. The highest BCUT2D eigenvalue weighted by Crippen LogP contribution is 2.40. The van der Waals surface area contributed by atoms with Gasteiger partial charge in [0.2, 0.25) is 11.8 Å². The van der Waals surface area contributed by atoms with Crippen LogP contribution in [0.1, 0.15) is 58.3 Å². The first-order valence-corrected chi connectivity index (χ1v) is 14.9. The molecule has 8 nitrogen and oxygen atoms in total. The Morgan fingerprint density at radius 2 is 1.80 bits per heavy atom. The molecule has 5 N–H and O–H groups in total. The normalized spacial score (nSPS) is 44.2. The highest BCUT2D eigenvalue weighted by Gasteiger charge is 2.46. The number of methoxy groups -OCH3 is 1. The van der Waals surface area contributed by atoms with Crippen molar-refractivity contribution < 1.29 is 14.3 Å². The van der Waals surface area contributed by atoms with Crippen LogP contribution in [0.5, 0.6) is 0 Å². The Hall–Kier alpha value is -0.580. The van der Waals surface area contributed by atoms with Crippen LogP contribution in [0.25, 0.3) is 0 Å². The first kappa shape index (κ1) is 26.0. The molecule has 10 atom stereocenters. The lowest BCUT2D eigenvalue weighted by molar-refractivity contribution is -0.130. The standard InChI is InChI=1S/C25H42ClN5O3S/c1-13-8-16(17-10-22(26)28-12-20(17)34-2)18(11-27-13)24(33)31-25-30-19-7-6-14(9-21(19)35-25)23(32)29-15-4-3-5-15/h13-22,25,27-28,30H,3-12H2,1-2H3,(H,29,32)(H,31,33)/t13?,14-,16?,17?,18?,19?,20?,21?,22?,25?/m1/s1. The van der Waals surface area contributed by atoms with E-state index in [2.05, 4.69) is 33.5 Å². The molecule has 2 amide bonds. The summed E-state index contributed by atoms with van der Waals surface area (Å²) in [4.78, 5) is 26.3. The molecule has 9 unspecified atom stereocenters. The van der Waals surface area contributed by atoms with Gasteiger partial charge in [0.05, 0.1) is 17.5 Å². The lowest BCUT2D eigenvalue weighted by atomic mass is 9.70.